The summed E-state index contributed by atoms with van der Waals surface area (Å²) in [5.74, 6) is 1.93. The van der Waals surface area contributed by atoms with Crippen LogP contribution in [0.15, 0.2) is 0 Å². The minimum Gasteiger partial charge on any atom is -0.328 e. The van der Waals surface area contributed by atoms with Gasteiger partial charge >= 0.3 is 0 Å². The van der Waals surface area contributed by atoms with E-state index in [1.54, 1.807) is 0 Å². The average Bonchev–Trinajstić information content (AvgIpc) is 2.26. The van der Waals surface area contributed by atoms with Crippen LogP contribution in [-0.2, 0) is 4.79 Å². The maximum absolute atomic E-state index is 12.0. The highest BCUT2D eigenvalue weighted by Crippen LogP contribution is 2.25. The van der Waals surface area contributed by atoms with Gasteiger partial charge in [-0.1, -0.05) is 13.8 Å². The Balaban J connectivity index is 1.69. The number of hydrogen-bond acceptors (Lipinski definition) is 2. The second-order valence-corrected chi connectivity index (χ2v) is 7.30. The van der Waals surface area contributed by atoms with E-state index in [1.807, 2.05) is 13.8 Å². The van der Waals surface area contributed by atoms with Crippen molar-refractivity contribution >= 4 is 5.78 Å². The summed E-state index contributed by atoms with van der Waals surface area (Å²) >= 11 is 0. The molecule has 2 saturated heterocycles. The Labute approximate surface area is 112 Å². The molecular weight excluding hydrogens is 224 g/mol. The van der Waals surface area contributed by atoms with Crippen LogP contribution in [0.5, 0.6) is 0 Å². The molecule has 0 saturated carbocycles. The summed E-state index contributed by atoms with van der Waals surface area (Å²) < 4.78 is 1.19. The number of quaternary nitrogens is 1. The fraction of sp³-hybridized carbons (Fsp3) is 0.933. The molecule has 0 aromatic heterocycles. The van der Waals surface area contributed by atoms with E-state index in [2.05, 4.69) is 19.0 Å². The lowest BCUT2D eigenvalue weighted by Crippen LogP contribution is -2.61. The van der Waals surface area contributed by atoms with E-state index < -0.39 is 0 Å². The van der Waals surface area contributed by atoms with Crippen molar-refractivity contribution in [2.75, 3.05) is 46.8 Å². The zero-order valence-electron chi connectivity index (χ0n) is 12.5. The molecule has 2 heterocycles. The molecule has 18 heavy (non-hydrogen) atoms. The Morgan fingerprint density at radius 2 is 1.78 bits per heavy atom. The summed E-state index contributed by atoms with van der Waals surface area (Å²) in [4.78, 5) is 14.5. The first-order valence-electron chi connectivity index (χ1n) is 7.45. The maximum atomic E-state index is 12.0. The number of likely N-dealkylation sites (tertiary alicyclic amines) is 2. The van der Waals surface area contributed by atoms with Crippen molar-refractivity contribution in [3.63, 3.8) is 0 Å². The first-order chi connectivity index (χ1) is 8.37. The molecule has 0 N–H and O–H groups in total. The number of carbonyl (C=O) groups excluding carboxylic acids is 1. The summed E-state index contributed by atoms with van der Waals surface area (Å²) in [5.41, 5.74) is 0. The van der Waals surface area contributed by atoms with Crippen molar-refractivity contribution in [3.05, 3.63) is 0 Å². The molecule has 0 unspecified atom stereocenters. The van der Waals surface area contributed by atoms with E-state index in [9.17, 15) is 4.79 Å². The highest BCUT2D eigenvalue weighted by Gasteiger charge is 2.38. The highest BCUT2D eigenvalue weighted by molar-refractivity contribution is 5.82. The maximum Gasteiger partial charge on any atom is 0.138 e. The molecular formula is C15H29N2O+. The fourth-order valence-electron chi connectivity index (χ4n) is 3.70. The van der Waals surface area contributed by atoms with Crippen molar-refractivity contribution in [1.29, 1.82) is 0 Å². The average molecular weight is 253 g/mol. The van der Waals surface area contributed by atoms with E-state index in [0.29, 0.717) is 11.7 Å². The third-order valence-electron chi connectivity index (χ3n) is 4.58. The molecule has 0 aromatic carbocycles. The summed E-state index contributed by atoms with van der Waals surface area (Å²) in [6.07, 6.45) is 2.17. The second-order valence-electron chi connectivity index (χ2n) is 7.30. The van der Waals surface area contributed by atoms with Crippen LogP contribution in [0.2, 0.25) is 0 Å². The molecule has 0 aromatic rings. The Bertz CT molecular complexity index is 296. The Kier molecular flexibility index (Phi) is 4.12. The van der Waals surface area contributed by atoms with Gasteiger partial charge in [0, 0.05) is 18.4 Å². The topological polar surface area (TPSA) is 20.3 Å². The number of nitrogens with zero attached hydrogens (tertiary/aromatic N) is 2. The number of rotatable bonds is 4. The Morgan fingerprint density at radius 1 is 1.22 bits per heavy atom. The highest BCUT2D eigenvalue weighted by atomic mass is 16.1. The Hall–Kier alpha value is -0.410. The monoisotopic (exact) mass is 253 g/mol. The van der Waals surface area contributed by atoms with Gasteiger partial charge in [-0.05, 0) is 25.9 Å². The predicted octanol–water partition coefficient (Wildman–Crippen LogP) is 1.63. The standard InChI is InChI=1S/C15H29N2O/c1-12(2)15(18)14-5-7-16(8-6-14)9-13-10-17(3,4)11-13/h12-14H,5-11H2,1-4H3/q+1. The first kappa shape index (κ1) is 14.0. The van der Waals surface area contributed by atoms with Crippen LogP contribution < -0.4 is 0 Å². The van der Waals surface area contributed by atoms with Crippen LogP contribution in [-0.4, -0.2) is 62.0 Å². The van der Waals surface area contributed by atoms with Gasteiger partial charge in [0.1, 0.15) is 5.78 Å². The van der Waals surface area contributed by atoms with Crippen LogP contribution in [0.3, 0.4) is 0 Å². The molecule has 2 aliphatic rings. The molecule has 0 bridgehead atoms. The van der Waals surface area contributed by atoms with Crippen LogP contribution in [0.4, 0.5) is 0 Å². The lowest BCUT2D eigenvalue weighted by atomic mass is 9.86. The summed E-state index contributed by atoms with van der Waals surface area (Å²) in [7, 11) is 4.62. The molecule has 104 valence electrons. The first-order valence-corrected chi connectivity index (χ1v) is 7.45. The molecule has 2 aliphatic heterocycles. The second kappa shape index (κ2) is 5.30. The lowest BCUT2D eigenvalue weighted by molar-refractivity contribution is -0.938. The molecule has 3 nitrogen and oxygen atoms in total. The molecule has 2 rings (SSSR count). The van der Waals surface area contributed by atoms with E-state index in [0.717, 1.165) is 31.8 Å². The van der Waals surface area contributed by atoms with Crippen molar-refractivity contribution in [1.82, 2.24) is 4.90 Å². The largest absolute Gasteiger partial charge is 0.328 e. The van der Waals surface area contributed by atoms with Gasteiger partial charge in [0.2, 0.25) is 0 Å². The van der Waals surface area contributed by atoms with E-state index in [1.165, 1.54) is 24.1 Å². The summed E-state index contributed by atoms with van der Waals surface area (Å²) in [6, 6.07) is 0. The van der Waals surface area contributed by atoms with E-state index in [-0.39, 0.29) is 5.92 Å². The number of carbonyl (C=O) groups is 1. The molecule has 0 radical (unpaired) electrons. The van der Waals surface area contributed by atoms with Crippen LogP contribution >= 0.6 is 0 Å². The number of ketones is 1. The van der Waals surface area contributed by atoms with Crippen molar-refractivity contribution in [3.8, 4) is 0 Å². The zero-order chi connectivity index (χ0) is 13.3. The van der Waals surface area contributed by atoms with Crippen molar-refractivity contribution in [2.24, 2.45) is 17.8 Å². The summed E-state index contributed by atoms with van der Waals surface area (Å²) in [5, 5.41) is 0. The van der Waals surface area contributed by atoms with Crippen LogP contribution in [0.1, 0.15) is 26.7 Å². The lowest BCUT2D eigenvalue weighted by Gasteiger charge is -2.46. The van der Waals surface area contributed by atoms with Gasteiger partial charge < -0.3 is 9.38 Å². The molecule has 3 heteroatoms. The quantitative estimate of drug-likeness (QED) is 0.710. The third-order valence-corrected chi connectivity index (χ3v) is 4.58. The smallest absolute Gasteiger partial charge is 0.138 e. The van der Waals surface area contributed by atoms with Gasteiger partial charge in [-0.15, -0.1) is 0 Å². The predicted molar refractivity (Wildman–Crippen MR) is 74.3 cm³/mol. The van der Waals surface area contributed by atoms with Gasteiger partial charge in [-0.25, -0.2) is 0 Å². The summed E-state index contributed by atoms with van der Waals surface area (Å²) in [6.45, 7) is 10.2. The number of hydrogen-bond donors (Lipinski definition) is 0. The van der Waals surface area contributed by atoms with Crippen molar-refractivity contribution < 1.29 is 9.28 Å². The van der Waals surface area contributed by atoms with E-state index >= 15 is 0 Å². The van der Waals surface area contributed by atoms with Gasteiger partial charge in [-0.3, -0.25) is 4.79 Å². The molecule has 0 spiro atoms. The Morgan fingerprint density at radius 3 is 2.22 bits per heavy atom. The van der Waals surface area contributed by atoms with Crippen LogP contribution in [0, 0.1) is 17.8 Å². The van der Waals surface area contributed by atoms with Crippen molar-refractivity contribution in [2.45, 2.75) is 26.7 Å². The number of Topliss-reactive ketones (excluding diaryl/α,β-unsaturated/α-hetero) is 1. The van der Waals surface area contributed by atoms with E-state index in [4.69, 9.17) is 0 Å². The SMILES string of the molecule is CC(C)C(=O)C1CCN(CC2C[N+](C)(C)C2)CC1. The number of piperidine rings is 1. The van der Waals surface area contributed by atoms with Crippen LogP contribution in [0.25, 0.3) is 0 Å². The fourth-order valence-corrected chi connectivity index (χ4v) is 3.70. The zero-order valence-corrected chi connectivity index (χ0v) is 12.5. The molecule has 0 atom stereocenters. The van der Waals surface area contributed by atoms with Gasteiger partial charge in [0.05, 0.1) is 33.1 Å². The minimum atomic E-state index is 0.214. The normalized spacial score (nSPS) is 26.3. The molecule has 2 fully saturated rings. The minimum absolute atomic E-state index is 0.214. The van der Waals surface area contributed by atoms with Gasteiger partial charge in [0.15, 0.2) is 0 Å². The molecule has 0 amide bonds. The van der Waals surface area contributed by atoms with Gasteiger partial charge in [0.25, 0.3) is 0 Å². The molecule has 0 aliphatic carbocycles. The van der Waals surface area contributed by atoms with Gasteiger partial charge in [-0.2, -0.15) is 0 Å². The third kappa shape index (κ3) is 3.33.